The maximum atomic E-state index is 12.8. The van der Waals surface area contributed by atoms with Crippen LogP contribution in [0.5, 0.6) is 0 Å². The Morgan fingerprint density at radius 2 is 1.67 bits per heavy atom. The smallest absolute Gasteiger partial charge is 0.336 e. The normalized spacial score (nSPS) is 10.8. The van der Waals surface area contributed by atoms with Gasteiger partial charge in [0, 0.05) is 34.3 Å². The van der Waals surface area contributed by atoms with Crippen LogP contribution >= 0.6 is 0 Å². The third-order valence-electron chi connectivity index (χ3n) is 5.53. The van der Waals surface area contributed by atoms with Gasteiger partial charge in [0.25, 0.3) is 11.6 Å². The van der Waals surface area contributed by atoms with Gasteiger partial charge >= 0.3 is 5.97 Å². The van der Waals surface area contributed by atoms with Crippen LogP contribution in [0.3, 0.4) is 0 Å². The number of hydrogen-bond acceptors (Lipinski definition) is 6. The van der Waals surface area contributed by atoms with Crippen molar-refractivity contribution in [1.29, 1.82) is 0 Å². The second-order valence-corrected chi connectivity index (χ2v) is 7.88. The van der Waals surface area contributed by atoms with E-state index in [1.54, 1.807) is 60.7 Å². The second kappa shape index (κ2) is 9.15. The lowest BCUT2D eigenvalue weighted by Gasteiger charge is -2.09. The average Bonchev–Trinajstić information content (AvgIpc) is 3.39. The maximum absolute atomic E-state index is 12.8. The summed E-state index contributed by atoms with van der Waals surface area (Å²) in [5.41, 5.74) is 2.60. The Bertz CT molecular complexity index is 1660. The molecule has 9 nitrogen and oxygen atoms in total. The number of nitrogens with one attached hydrogen (secondary N) is 1. The Balaban J connectivity index is 1.41. The molecule has 0 atom stereocenters. The van der Waals surface area contributed by atoms with Crippen LogP contribution in [0.4, 0.5) is 11.4 Å². The number of carboxylic acid groups (broad SMARTS) is 1. The van der Waals surface area contributed by atoms with Crippen LogP contribution in [-0.4, -0.2) is 26.9 Å². The quantitative estimate of drug-likeness (QED) is 0.224. The lowest BCUT2D eigenvalue weighted by atomic mass is 10.0. The van der Waals surface area contributed by atoms with E-state index in [-0.39, 0.29) is 17.0 Å². The predicted octanol–water partition coefficient (Wildman–Crippen LogP) is 6.02. The molecule has 36 heavy (non-hydrogen) atoms. The minimum absolute atomic E-state index is 0.0268. The third-order valence-corrected chi connectivity index (χ3v) is 5.53. The van der Waals surface area contributed by atoms with Crippen LogP contribution in [0, 0.1) is 10.1 Å². The molecule has 2 heterocycles. The van der Waals surface area contributed by atoms with Gasteiger partial charge in [0.15, 0.2) is 5.76 Å². The van der Waals surface area contributed by atoms with Crippen molar-refractivity contribution in [1.82, 2.24) is 4.98 Å². The molecule has 0 aliphatic heterocycles. The summed E-state index contributed by atoms with van der Waals surface area (Å²) >= 11 is 0. The Labute approximate surface area is 203 Å². The molecule has 0 bridgehead atoms. The molecule has 9 heteroatoms. The molecule has 0 spiro atoms. The Kier molecular flexibility index (Phi) is 5.71. The van der Waals surface area contributed by atoms with E-state index in [9.17, 15) is 24.8 Å². The Morgan fingerprint density at radius 3 is 2.47 bits per heavy atom. The number of nitro benzene ring substituents is 1. The molecule has 5 aromatic rings. The molecule has 0 saturated heterocycles. The predicted molar refractivity (Wildman–Crippen MR) is 133 cm³/mol. The number of furan rings is 1. The number of fused-ring (bicyclic) bond motifs is 1. The first-order valence-corrected chi connectivity index (χ1v) is 10.8. The van der Waals surface area contributed by atoms with E-state index in [1.165, 1.54) is 30.3 Å². The van der Waals surface area contributed by atoms with Crippen LogP contribution < -0.4 is 5.32 Å². The number of aromatic nitrogens is 1. The van der Waals surface area contributed by atoms with Crippen molar-refractivity contribution >= 4 is 34.2 Å². The minimum Gasteiger partial charge on any atom is -0.478 e. The fourth-order valence-electron chi connectivity index (χ4n) is 3.84. The molecule has 0 unspecified atom stereocenters. The van der Waals surface area contributed by atoms with Gasteiger partial charge in [-0.1, -0.05) is 42.5 Å². The summed E-state index contributed by atoms with van der Waals surface area (Å²) in [5.74, 6) is -1.23. The van der Waals surface area contributed by atoms with Gasteiger partial charge in [-0.3, -0.25) is 14.9 Å². The van der Waals surface area contributed by atoms with Crippen molar-refractivity contribution in [3.8, 4) is 22.6 Å². The summed E-state index contributed by atoms with van der Waals surface area (Å²) in [4.78, 5) is 39.7. The zero-order valence-corrected chi connectivity index (χ0v) is 18.5. The average molecular weight is 479 g/mol. The van der Waals surface area contributed by atoms with E-state index in [2.05, 4.69) is 10.3 Å². The number of carboxylic acids is 1. The molecule has 0 fully saturated rings. The van der Waals surface area contributed by atoms with Crippen molar-refractivity contribution in [2.75, 3.05) is 5.32 Å². The fourth-order valence-corrected chi connectivity index (χ4v) is 3.84. The van der Waals surface area contributed by atoms with Gasteiger partial charge in [0.05, 0.1) is 21.7 Å². The third kappa shape index (κ3) is 4.40. The number of nitro groups is 1. The zero-order chi connectivity index (χ0) is 25.2. The van der Waals surface area contributed by atoms with Crippen LogP contribution in [0.2, 0.25) is 0 Å². The standard InChI is InChI=1S/C27H17N3O6/c31-26(25-12-11-24(36-25)17-6-4-8-19(14-17)30(34)35)28-18-7-3-5-16(13-18)23-15-21(27(32)33)20-9-1-2-10-22(20)29-23/h1-15H,(H,28,31)(H,32,33). The van der Waals surface area contributed by atoms with E-state index in [0.717, 1.165) is 0 Å². The number of anilines is 1. The maximum Gasteiger partial charge on any atom is 0.336 e. The number of nitrogens with zero attached hydrogens (tertiary/aromatic N) is 2. The molecular weight excluding hydrogens is 462 g/mol. The highest BCUT2D eigenvalue weighted by molar-refractivity contribution is 6.04. The molecule has 0 saturated carbocycles. The molecule has 0 radical (unpaired) electrons. The van der Waals surface area contributed by atoms with Crippen LogP contribution in [0.25, 0.3) is 33.5 Å². The zero-order valence-electron chi connectivity index (χ0n) is 18.5. The van der Waals surface area contributed by atoms with Gasteiger partial charge in [-0.05, 0) is 36.4 Å². The highest BCUT2D eigenvalue weighted by Crippen LogP contribution is 2.28. The summed E-state index contributed by atoms with van der Waals surface area (Å²) in [7, 11) is 0. The van der Waals surface area contributed by atoms with Crippen molar-refractivity contribution in [3.63, 3.8) is 0 Å². The number of benzene rings is 3. The number of hydrogen-bond donors (Lipinski definition) is 2. The van der Waals surface area contributed by atoms with E-state index >= 15 is 0 Å². The van der Waals surface area contributed by atoms with Crippen LogP contribution in [0.15, 0.2) is 95.4 Å². The summed E-state index contributed by atoms with van der Waals surface area (Å²) in [6.45, 7) is 0. The van der Waals surface area contributed by atoms with E-state index < -0.39 is 16.8 Å². The largest absolute Gasteiger partial charge is 0.478 e. The van der Waals surface area contributed by atoms with Gasteiger partial charge in [0.2, 0.25) is 0 Å². The second-order valence-electron chi connectivity index (χ2n) is 7.88. The molecule has 2 aromatic heterocycles. The molecule has 0 aliphatic carbocycles. The first-order chi connectivity index (χ1) is 17.4. The monoisotopic (exact) mass is 479 g/mol. The number of non-ortho nitro benzene ring substituents is 1. The number of pyridine rings is 1. The Hall–Kier alpha value is -5.31. The summed E-state index contributed by atoms with van der Waals surface area (Å²) < 4.78 is 5.63. The highest BCUT2D eigenvalue weighted by Gasteiger charge is 2.16. The number of carbonyl (C=O) groups is 2. The molecule has 2 N–H and O–H groups in total. The van der Waals surface area contributed by atoms with Crippen LogP contribution in [-0.2, 0) is 0 Å². The molecule has 1 amide bonds. The lowest BCUT2D eigenvalue weighted by molar-refractivity contribution is -0.384. The van der Waals surface area contributed by atoms with E-state index in [4.69, 9.17) is 4.42 Å². The molecular formula is C27H17N3O6. The van der Waals surface area contributed by atoms with Crippen LogP contribution in [0.1, 0.15) is 20.9 Å². The lowest BCUT2D eigenvalue weighted by Crippen LogP contribution is -2.10. The number of amides is 1. The summed E-state index contributed by atoms with van der Waals surface area (Å²) in [5, 5.41) is 24.0. The van der Waals surface area contributed by atoms with Gasteiger partial charge in [-0.25, -0.2) is 9.78 Å². The highest BCUT2D eigenvalue weighted by atomic mass is 16.6. The molecule has 0 aliphatic rings. The summed E-state index contributed by atoms with van der Waals surface area (Å²) in [6.07, 6.45) is 0. The SMILES string of the molecule is O=C(Nc1cccc(-c2cc(C(=O)O)c3ccccc3n2)c1)c1ccc(-c2cccc([N+](=O)[O-])c2)o1. The molecule has 5 rings (SSSR count). The number of rotatable bonds is 6. The molecule has 176 valence electrons. The van der Waals surface area contributed by atoms with Gasteiger partial charge in [-0.2, -0.15) is 0 Å². The molecule has 3 aromatic carbocycles. The van der Waals surface area contributed by atoms with Gasteiger partial charge in [0.1, 0.15) is 5.76 Å². The van der Waals surface area contributed by atoms with E-state index in [0.29, 0.717) is 39.2 Å². The summed E-state index contributed by atoms with van der Waals surface area (Å²) in [6, 6.07) is 24.3. The van der Waals surface area contributed by atoms with E-state index in [1.807, 2.05) is 0 Å². The number of aromatic carboxylic acids is 1. The van der Waals surface area contributed by atoms with Gasteiger partial charge in [-0.15, -0.1) is 0 Å². The van der Waals surface area contributed by atoms with Gasteiger partial charge < -0.3 is 14.8 Å². The minimum atomic E-state index is -1.06. The van der Waals surface area contributed by atoms with Crippen molar-refractivity contribution < 1.29 is 24.0 Å². The fraction of sp³-hybridized carbons (Fsp3) is 0. The first-order valence-electron chi connectivity index (χ1n) is 10.8. The number of para-hydroxylation sites is 1. The number of carbonyl (C=O) groups excluding carboxylic acids is 1. The topological polar surface area (TPSA) is 136 Å². The van der Waals surface area contributed by atoms with Crippen molar-refractivity contribution in [3.05, 3.63) is 112 Å². The Morgan fingerprint density at radius 1 is 0.889 bits per heavy atom. The first kappa shape index (κ1) is 22.5. The van der Waals surface area contributed by atoms with Crippen molar-refractivity contribution in [2.45, 2.75) is 0 Å². The van der Waals surface area contributed by atoms with Crippen molar-refractivity contribution in [2.24, 2.45) is 0 Å².